The first-order valence-electron chi connectivity index (χ1n) is 5.12. The number of benzene rings is 1. The molecule has 0 aromatic heterocycles. The summed E-state index contributed by atoms with van der Waals surface area (Å²) < 4.78 is 49.3. The second-order valence-corrected chi connectivity index (χ2v) is 3.87. The van der Waals surface area contributed by atoms with E-state index in [0.717, 1.165) is 0 Å². The third-order valence-electron chi connectivity index (χ3n) is 2.53. The van der Waals surface area contributed by atoms with Crippen LogP contribution in [0.4, 0.5) is 17.6 Å². The highest BCUT2D eigenvalue weighted by Crippen LogP contribution is 2.28. The lowest BCUT2D eigenvalue weighted by atomic mass is 9.98. The Bertz CT molecular complexity index is 376. The molecule has 96 valence electrons. The van der Waals surface area contributed by atoms with E-state index in [9.17, 15) is 17.6 Å². The molecule has 0 saturated heterocycles. The molecule has 0 spiro atoms. The molecule has 6 heteroatoms. The smallest absolute Gasteiger partial charge is 0.271 e. The summed E-state index contributed by atoms with van der Waals surface area (Å²) in [6.07, 6.45) is -5.42. The Kier molecular flexibility index (Phi) is 4.47. The van der Waals surface area contributed by atoms with Gasteiger partial charge in [0.05, 0.1) is 0 Å². The molecule has 0 aliphatic rings. The highest BCUT2D eigenvalue weighted by molar-refractivity contribution is 5.29. The fourth-order valence-corrected chi connectivity index (χ4v) is 1.62. The van der Waals surface area contributed by atoms with Crippen LogP contribution in [0.3, 0.4) is 0 Å². The molecular weight excluding hydrogens is 236 g/mol. The molecule has 0 saturated carbocycles. The first kappa shape index (κ1) is 13.9. The molecule has 0 aliphatic heterocycles. The maximum Gasteiger partial charge on any atom is 0.389 e. The second-order valence-electron chi connectivity index (χ2n) is 3.87. The summed E-state index contributed by atoms with van der Waals surface area (Å²) in [7, 11) is 0. The molecule has 1 aromatic rings. The van der Waals surface area contributed by atoms with Crippen LogP contribution < -0.4 is 11.3 Å². The molecule has 0 amide bonds. The lowest BCUT2D eigenvalue weighted by Crippen LogP contribution is -2.29. The second kappa shape index (κ2) is 5.46. The molecule has 1 atom stereocenters. The fourth-order valence-electron chi connectivity index (χ4n) is 1.62. The van der Waals surface area contributed by atoms with Gasteiger partial charge < -0.3 is 0 Å². The van der Waals surface area contributed by atoms with E-state index in [4.69, 9.17) is 5.84 Å². The van der Waals surface area contributed by atoms with Crippen molar-refractivity contribution in [2.24, 2.45) is 5.84 Å². The van der Waals surface area contributed by atoms with Crippen LogP contribution >= 0.6 is 0 Å². The number of nitrogens with one attached hydrogen (secondary N) is 1. The Morgan fingerprint density at radius 1 is 1.35 bits per heavy atom. The van der Waals surface area contributed by atoms with Crippen molar-refractivity contribution in [2.45, 2.75) is 32.0 Å². The zero-order valence-electron chi connectivity index (χ0n) is 9.31. The zero-order valence-corrected chi connectivity index (χ0v) is 9.31. The summed E-state index contributed by atoms with van der Waals surface area (Å²) >= 11 is 0. The number of aryl methyl sites for hydroxylation is 1. The minimum Gasteiger partial charge on any atom is -0.271 e. The van der Waals surface area contributed by atoms with Crippen LogP contribution in [0.25, 0.3) is 0 Å². The van der Waals surface area contributed by atoms with Gasteiger partial charge in [0.2, 0.25) is 0 Å². The van der Waals surface area contributed by atoms with Crippen molar-refractivity contribution in [1.29, 1.82) is 0 Å². The normalized spacial score (nSPS) is 13.8. The summed E-state index contributed by atoms with van der Waals surface area (Å²) in [5.74, 6) is 4.73. The lowest BCUT2D eigenvalue weighted by Gasteiger charge is -2.19. The van der Waals surface area contributed by atoms with E-state index >= 15 is 0 Å². The average molecular weight is 250 g/mol. The molecule has 0 bridgehead atoms. The quantitative estimate of drug-likeness (QED) is 0.490. The van der Waals surface area contributed by atoms with E-state index in [1.54, 1.807) is 6.92 Å². The van der Waals surface area contributed by atoms with E-state index in [-0.39, 0.29) is 6.42 Å². The van der Waals surface area contributed by atoms with Gasteiger partial charge in [0, 0.05) is 12.5 Å². The molecule has 0 radical (unpaired) electrons. The summed E-state index contributed by atoms with van der Waals surface area (Å²) in [4.78, 5) is 0. The van der Waals surface area contributed by atoms with Crippen molar-refractivity contribution in [1.82, 2.24) is 5.43 Å². The summed E-state index contributed by atoms with van der Waals surface area (Å²) in [6, 6.07) is 3.28. The number of alkyl halides is 3. The maximum atomic E-state index is 13.0. The SMILES string of the molecule is Cc1ccc(F)cc1C(CCC(F)(F)F)NN. The van der Waals surface area contributed by atoms with Crippen LogP contribution in [-0.4, -0.2) is 6.18 Å². The Morgan fingerprint density at radius 3 is 2.53 bits per heavy atom. The first-order chi connectivity index (χ1) is 7.83. The van der Waals surface area contributed by atoms with Crippen LogP contribution in [-0.2, 0) is 0 Å². The van der Waals surface area contributed by atoms with Gasteiger partial charge in [-0.3, -0.25) is 11.3 Å². The van der Waals surface area contributed by atoms with Gasteiger partial charge in [-0.2, -0.15) is 13.2 Å². The van der Waals surface area contributed by atoms with Crippen LogP contribution in [0, 0.1) is 12.7 Å². The number of hydrogen-bond donors (Lipinski definition) is 2. The Labute approximate surface area is 96.8 Å². The van der Waals surface area contributed by atoms with Crippen LogP contribution in [0.1, 0.15) is 30.0 Å². The Balaban J connectivity index is 2.82. The maximum absolute atomic E-state index is 13.0. The average Bonchev–Trinajstić information content (AvgIpc) is 2.22. The summed E-state index contributed by atoms with van der Waals surface area (Å²) in [5.41, 5.74) is 3.45. The third kappa shape index (κ3) is 4.32. The van der Waals surface area contributed by atoms with Gasteiger partial charge in [-0.05, 0) is 36.6 Å². The van der Waals surface area contributed by atoms with Crippen LogP contribution in [0.5, 0.6) is 0 Å². The molecule has 3 N–H and O–H groups in total. The molecule has 2 nitrogen and oxygen atoms in total. The van der Waals surface area contributed by atoms with Crippen molar-refractivity contribution in [2.75, 3.05) is 0 Å². The molecule has 0 heterocycles. The molecule has 0 fully saturated rings. The standard InChI is InChI=1S/C11H14F4N2/c1-7-2-3-8(12)6-9(7)10(17-16)4-5-11(13,14)15/h2-3,6,10,17H,4-5,16H2,1H3. The van der Waals surface area contributed by atoms with Crippen molar-refractivity contribution >= 4 is 0 Å². The fraction of sp³-hybridized carbons (Fsp3) is 0.455. The molecular formula is C11H14F4N2. The van der Waals surface area contributed by atoms with E-state index in [2.05, 4.69) is 5.43 Å². The number of halogens is 4. The molecule has 1 rings (SSSR count). The number of hydrogen-bond acceptors (Lipinski definition) is 2. The van der Waals surface area contributed by atoms with Crippen molar-refractivity contribution < 1.29 is 17.6 Å². The van der Waals surface area contributed by atoms with Gasteiger partial charge in [-0.15, -0.1) is 0 Å². The Morgan fingerprint density at radius 2 is 2.00 bits per heavy atom. The molecule has 0 aliphatic carbocycles. The zero-order chi connectivity index (χ0) is 13.1. The number of rotatable bonds is 4. The third-order valence-corrected chi connectivity index (χ3v) is 2.53. The number of hydrazine groups is 1. The minimum atomic E-state index is -4.24. The molecule has 17 heavy (non-hydrogen) atoms. The molecule has 1 aromatic carbocycles. The Hall–Kier alpha value is -1.14. The van der Waals surface area contributed by atoms with Gasteiger partial charge in [-0.25, -0.2) is 4.39 Å². The van der Waals surface area contributed by atoms with Gasteiger partial charge in [0.1, 0.15) is 5.82 Å². The first-order valence-corrected chi connectivity index (χ1v) is 5.12. The van der Waals surface area contributed by atoms with Crippen LogP contribution in [0.2, 0.25) is 0 Å². The largest absolute Gasteiger partial charge is 0.389 e. The highest BCUT2D eigenvalue weighted by Gasteiger charge is 2.28. The van der Waals surface area contributed by atoms with E-state index < -0.39 is 24.5 Å². The van der Waals surface area contributed by atoms with Crippen LogP contribution in [0.15, 0.2) is 18.2 Å². The van der Waals surface area contributed by atoms with Crippen molar-refractivity contribution in [3.63, 3.8) is 0 Å². The topological polar surface area (TPSA) is 38.0 Å². The van der Waals surface area contributed by atoms with E-state index in [0.29, 0.717) is 11.1 Å². The minimum absolute atomic E-state index is 0.218. The molecule has 1 unspecified atom stereocenters. The van der Waals surface area contributed by atoms with Gasteiger partial charge in [0.15, 0.2) is 0 Å². The predicted octanol–water partition coefficient (Wildman–Crippen LogP) is 2.98. The highest BCUT2D eigenvalue weighted by atomic mass is 19.4. The van der Waals surface area contributed by atoms with Crippen molar-refractivity contribution in [3.05, 3.63) is 35.1 Å². The van der Waals surface area contributed by atoms with Crippen molar-refractivity contribution in [3.8, 4) is 0 Å². The number of nitrogens with two attached hydrogens (primary N) is 1. The van der Waals surface area contributed by atoms with Gasteiger partial charge >= 0.3 is 6.18 Å². The predicted molar refractivity (Wildman–Crippen MR) is 56.5 cm³/mol. The van der Waals surface area contributed by atoms with E-state index in [1.807, 2.05) is 0 Å². The van der Waals surface area contributed by atoms with E-state index in [1.165, 1.54) is 18.2 Å². The summed E-state index contributed by atoms with van der Waals surface area (Å²) in [5, 5.41) is 0. The lowest BCUT2D eigenvalue weighted by molar-refractivity contribution is -0.136. The van der Waals surface area contributed by atoms with Gasteiger partial charge in [0.25, 0.3) is 0 Å². The monoisotopic (exact) mass is 250 g/mol. The van der Waals surface area contributed by atoms with Gasteiger partial charge in [-0.1, -0.05) is 6.07 Å². The summed E-state index contributed by atoms with van der Waals surface area (Å²) in [6.45, 7) is 1.70.